The molecule has 0 aromatic carbocycles. The molecular formula is C12H15N3O5. The molecule has 20 heavy (non-hydrogen) atoms. The number of hydrogen-bond donors (Lipinski definition) is 0. The summed E-state index contributed by atoms with van der Waals surface area (Å²) in [5.74, 6) is -1.58. The number of ether oxygens (including phenoxy) is 2. The molecule has 0 aliphatic rings. The Hall–Kier alpha value is -2.51. The van der Waals surface area contributed by atoms with Crippen molar-refractivity contribution in [1.29, 1.82) is 0 Å². The number of carbonyl (C=O) groups excluding carboxylic acids is 3. The van der Waals surface area contributed by atoms with Crippen LogP contribution in [-0.4, -0.2) is 60.0 Å². The molecule has 8 heteroatoms. The molecule has 0 radical (unpaired) electrons. The van der Waals surface area contributed by atoms with Gasteiger partial charge in [0.1, 0.15) is 12.2 Å². The van der Waals surface area contributed by atoms with Crippen LogP contribution in [0.3, 0.4) is 0 Å². The first-order valence-corrected chi connectivity index (χ1v) is 5.77. The molecule has 0 N–H and O–H groups in total. The summed E-state index contributed by atoms with van der Waals surface area (Å²) < 4.78 is 9.01. The van der Waals surface area contributed by atoms with Crippen LogP contribution < -0.4 is 0 Å². The predicted molar refractivity (Wildman–Crippen MR) is 66.6 cm³/mol. The number of aromatic nitrogens is 2. The Morgan fingerprint density at radius 3 is 2.40 bits per heavy atom. The summed E-state index contributed by atoms with van der Waals surface area (Å²) in [6.45, 7) is -0.250. The fourth-order valence-electron chi connectivity index (χ4n) is 1.37. The second-order valence-electron chi connectivity index (χ2n) is 3.72. The highest BCUT2D eigenvalue weighted by Crippen LogP contribution is 2.02. The van der Waals surface area contributed by atoms with E-state index in [0.29, 0.717) is 0 Å². The number of amides is 1. The number of rotatable bonds is 6. The quantitative estimate of drug-likeness (QED) is 0.657. The molecule has 1 amide bonds. The van der Waals surface area contributed by atoms with Gasteiger partial charge in [-0.2, -0.15) is 0 Å². The smallest absolute Gasteiger partial charge is 0.325 e. The number of methoxy groups -OCH3 is 2. The minimum atomic E-state index is -0.591. The predicted octanol–water partition coefficient (Wildman–Crippen LogP) is -0.345. The molecule has 0 unspecified atom stereocenters. The number of hydrogen-bond acceptors (Lipinski definition) is 7. The summed E-state index contributed by atoms with van der Waals surface area (Å²) >= 11 is 0. The van der Waals surface area contributed by atoms with Crippen molar-refractivity contribution in [3.05, 3.63) is 24.3 Å². The van der Waals surface area contributed by atoms with E-state index in [1.807, 2.05) is 0 Å². The van der Waals surface area contributed by atoms with Gasteiger partial charge < -0.3 is 14.4 Å². The van der Waals surface area contributed by atoms with E-state index in [1.165, 1.54) is 32.8 Å². The van der Waals surface area contributed by atoms with E-state index in [4.69, 9.17) is 0 Å². The lowest BCUT2D eigenvalue weighted by Gasteiger charge is -2.20. The third kappa shape index (κ3) is 4.63. The molecule has 1 rings (SSSR count). The minimum Gasteiger partial charge on any atom is -0.469 e. The van der Waals surface area contributed by atoms with Gasteiger partial charge in [0.15, 0.2) is 0 Å². The summed E-state index contributed by atoms with van der Waals surface area (Å²) in [7, 11) is 2.46. The van der Waals surface area contributed by atoms with Crippen molar-refractivity contribution in [2.45, 2.75) is 6.42 Å². The maximum atomic E-state index is 12.2. The topological polar surface area (TPSA) is 98.7 Å². The third-order valence-corrected chi connectivity index (χ3v) is 2.43. The van der Waals surface area contributed by atoms with E-state index < -0.39 is 17.8 Å². The Kier molecular flexibility index (Phi) is 6.08. The van der Waals surface area contributed by atoms with Gasteiger partial charge in [-0.25, -0.2) is 4.98 Å². The van der Waals surface area contributed by atoms with Crippen molar-refractivity contribution >= 4 is 17.8 Å². The molecule has 108 valence electrons. The lowest BCUT2D eigenvalue weighted by atomic mass is 10.3. The molecule has 1 aromatic rings. The zero-order valence-electron chi connectivity index (χ0n) is 11.2. The molecule has 0 saturated carbocycles. The average molecular weight is 281 g/mol. The fraction of sp³-hybridized carbons (Fsp3) is 0.417. The van der Waals surface area contributed by atoms with Crippen LogP contribution in [0.4, 0.5) is 0 Å². The molecule has 0 fully saturated rings. The number of nitrogens with zero attached hydrogens (tertiary/aromatic N) is 3. The van der Waals surface area contributed by atoms with Crippen LogP contribution in [0, 0.1) is 0 Å². The van der Waals surface area contributed by atoms with Crippen LogP contribution in [0.1, 0.15) is 16.9 Å². The van der Waals surface area contributed by atoms with Gasteiger partial charge in [-0.15, -0.1) is 0 Å². The largest absolute Gasteiger partial charge is 0.469 e. The third-order valence-electron chi connectivity index (χ3n) is 2.43. The molecule has 0 aliphatic heterocycles. The Morgan fingerprint density at radius 2 is 1.85 bits per heavy atom. The highest BCUT2D eigenvalue weighted by molar-refractivity contribution is 5.94. The lowest BCUT2D eigenvalue weighted by molar-refractivity contribution is -0.143. The van der Waals surface area contributed by atoms with Gasteiger partial charge in [0.05, 0.1) is 26.8 Å². The van der Waals surface area contributed by atoms with Crippen molar-refractivity contribution < 1.29 is 23.9 Å². The van der Waals surface area contributed by atoms with Crippen molar-refractivity contribution in [3.8, 4) is 0 Å². The van der Waals surface area contributed by atoms with E-state index in [2.05, 4.69) is 19.4 Å². The van der Waals surface area contributed by atoms with Crippen LogP contribution >= 0.6 is 0 Å². The summed E-state index contributed by atoms with van der Waals surface area (Å²) in [6, 6.07) is 0. The van der Waals surface area contributed by atoms with Crippen LogP contribution in [0.2, 0.25) is 0 Å². The van der Waals surface area contributed by atoms with Gasteiger partial charge >= 0.3 is 11.9 Å². The standard InChI is InChI=1S/C12H15N3O5/c1-19-10(16)3-6-15(8-11(17)20-2)12(18)9-7-13-4-5-14-9/h4-5,7H,3,6,8H2,1-2H3. The van der Waals surface area contributed by atoms with Crippen molar-refractivity contribution in [2.75, 3.05) is 27.3 Å². The zero-order chi connectivity index (χ0) is 15.0. The summed E-state index contributed by atoms with van der Waals surface area (Å²) in [5.41, 5.74) is 0.0845. The number of esters is 2. The summed E-state index contributed by atoms with van der Waals surface area (Å²) in [5, 5.41) is 0. The van der Waals surface area contributed by atoms with Gasteiger partial charge in [-0.05, 0) is 0 Å². The van der Waals surface area contributed by atoms with Gasteiger partial charge in [-0.1, -0.05) is 0 Å². The minimum absolute atomic E-state index is 0.0250. The Labute approximate surface area is 115 Å². The number of carbonyl (C=O) groups is 3. The molecule has 0 aliphatic carbocycles. The molecular weight excluding hydrogens is 266 g/mol. The zero-order valence-corrected chi connectivity index (χ0v) is 11.2. The molecule has 0 saturated heterocycles. The monoisotopic (exact) mass is 281 g/mol. The van der Waals surface area contributed by atoms with Crippen molar-refractivity contribution in [3.63, 3.8) is 0 Å². The van der Waals surface area contributed by atoms with Gasteiger partial charge in [0.2, 0.25) is 0 Å². The van der Waals surface area contributed by atoms with E-state index in [0.717, 1.165) is 4.90 Å². The molecule has 0 bridgehead atoms. The Morgan fingerprint density at radius 1 is 1.15 bits per heavy atom. The first-order chi connectivity index (χ1) is 9.58. The van der Waals surface area contributed by atoms with E-state index in [9.17, 15) is 14.4 Å². The SMILES string of the molecule is COC(=O)CCN(CC(=O)OC)C(=O)c1cnccn1. The van der Waals surface area contributed by atoms with Crippen molar-refractivity contribution in [1.82, 2.24) is 14.9 Å². The molecule has 0 spiro atoms. The Balaban J connectivity index is 2.78. The summed E-state index contributed by atoms with van der Waals surface area (Å²) in [6.07, 6.45) is 4.05. The second-order valence-corrected chi connectivity index (χ2v) is 3.72. The van der Waals surface area contributed by atoms with Crippen LogP contribution in [0.5, 0.6) is 0 Å². The Bertz CT molecular complexity index is 477. The van der Waals surface area contributed by atoms with E-state index in [1.54, 1.807) is 0 Å². The molecule has 0 atom stereocenters. The first kappa shape index (κ1) is 15.5. The van der Waals surface area contributed by atoms with Crippen LogP contribution in [-0.2, 0) is 19.1 Å². The molecule has 8 nitrogen and oxygen atoms in total. The highest BCUT2D eigenvalue weighted by atomic mass is 16.5. The molecule has 1 heterocycles. The normalized spacial score (nSPS) is 9.70. The summed E-state index contributed by atoms with van der Waals surface area (Å²) in [4.78, 5) is 43.4. The van der Waals surface area contributed by atoms with Crippen LogP contribution in [0.15, 0.2) is 18.6 Å². The van der Waals surface area contributed by atoms with E-state index in [-0.39, 0.29) is 25.2 Å². The van der Waals surface area contributed by atoms with Gasteiger partial charge in [0, 0.05) is 18.9 Å². The first-order valence-electron chi connectivity index (χ1n) is 5.77. The fourth-order valence-corrected chi connectivity index (χ4v) is 1.37. The maximum Gasteiger partial charge on any atom is 0.325 e. The van der Waals surface area contributed by atoms with Crippen LogP contribution in [0.25, 0.3) is 0 Å². The highest BCUT2D eigenvalue weighted by Gasteiger charge is 2.21. The van der Waals surface area contributed by atoms with Gasteiger partial charge in [0.25, 0.3) is 5.91 Å². The molecule has 1 aromatic heterocycles. The second kappa shape index (κ2) is 7.82. The van der Waals surface area contributed by atoms with Gasteiger partial charge in [-0.3, -0.25) is 19.4 Å². The lowest BCUT2D eigenvalue weighted by Crippen LogP contribution is -2.38. The average Bonchev–Trinajstić information content (AvgIpc) is 2.50. The van der Waals surface area contributed by atoms with Crippen molar-refractivity contribution in [2.24, 2.45) is 0 Å². The van der Waals surface area contributed by atoms with E-state index >= 15 is 0 Å². The maximum absolute atomic E-state index is 12.2.